The van der Waals surface area contributed by atoms with Crippen molar-refractivity contribution in [1.82, 2.24) is 15.5 Å². The summed E-state index contributed by atoms with van der Waals surface area (Å²) in [7, 11) is 0. The molecule has 2 atom stereocenters. The normalized spacial score (nSPS) is 13.5. The van der Waals surface area contributed by atoms with Crippen molar-refractivity contribution in [3.63, 3.8) is 0 Å². The predicted octanol–water partition coefficient (Wildman–Crippen LogP) is 4.62. The zero-order valence-corrected chi connectivity index (χ0v) is 23.3. The van der Waals surface area contributed by atoms with Gasteiger partial charge in [0.2, 0.25) is 11.8 Å². The Hall–Kier alpha value is -2.42. The standard InChI is InChI=1S/C26H43N3O5S/c1-9-10-16-29(23(32)20(15-17-35-8)27-24(33)34-26(5,6)7)21(22(31)28-25(2,3)4)18-11-13-19(30)14-12-18/h11-14,20-21,30H,9-10,15-17H2,1-8H3,(H,27,33)(H,28,31). The molecule has 0 bridgehead atoms. The molecule has 0 saturated carbocycles. The van der Waals surface area contributed by atoms with E-state index in [0.29, 0.717) is 30.7 Å². The Kier molecular flexibility index (Phi) is 11.9. The van der Waals surface area contributed by atoms with Gasteiger partial charge in [-0.1, -0.05) is 25.5 Å². The van der Waals surface area contributed by atoms with E-state index in [2.05, 4.69) is 10.6 Å². The summed E-state index contributed by atoms with van der Waals surface area (Å²) < 4.78 is 5.40. The number of carbonyl (C=O) groups excluding carboxylic acids is 3. The molecule has 0 aliphatic rings. The number of hydrogen-bond acceptors (Lipinski definition) is 6. The zero-order chi connectivity index (χ0) is 26.8. The third kappa shape index (κ3) is 11.2. The number of phenolic OH excluding ortho intramolecular Hbond substituents is 1. The number of alkyl carbamates (subject to hydrolysis) is 1. The van der Waals surface area contributed by atoms with Crippen LogP contribution in [0.1, 0.15) is 79.3 Å². The highest BCUT2D eigenvalue weighted by molar-refractivity contribution is 7.98. The fraction of sp³-hybridized carbons (Fsp3) is 0.654. The molecule has 35 heavy (non-hydrogen) atoms. The maximum atomic E-state index is 13.9. The van der Waals surface area contributed by atoms with E-state index in [1.807, 2.05) is 34.0 Å². The molecule has 8 nitrogen and oxygen atoms in total. The molecule has 3 N–H and O–H groups in total. The second kappa shape index (κ2) is 13.6. The molecule has 9 heteroatoms. The van der Waals surface area contributed by atoms with Crippen molar-refractivity contribution in [3.05, 3.63) is 29.8 Å². The fourth-order valence-corrected chi connectivity index (χ4v) is 3.88. The van der Waals surface area contributed by atoms with Crippen molar-refractivity contribution in [3.8, 4) is 5.75 Å². The molecule has 0 fully saturated rings. The van der Waals surface area contributed by atoms with Gasteiger partial charge in [0.05, 0.1) is 0 Å². The summed E-state index contributed by atoms with van der Waals surface area (Å²) in [5.74, 6) is 0.0416. The van der Waals surface area contributed by atoms with Gasteiger partial charge >= 0.3 is 6.09 Å². The smallest absolute Gasteiger partial charge is 0.408 e. The minimum Gasteiger partial charge on any atom is -0.508 e. The van der Waals surface area contributed by atoms with Gasteiger partial charge in [0, 0.05) is 12.1 Å². The summed E-state index contributed by atoms with van der Waals surface area (Å²) in [5, 5.41) is 15.5. The summed E-state index contributed by atoms with van der Waals surface area (Å²) in [4.78, 5) is 41.5. The number of ether oxygens (including phenoxy) is 1. The average molecular weight is 510 g/mol. The van der Waals surface area contributed by atoms with Gasteiger partial charge in [-0.15, -0.1) is 0 Å². The Morgan fingerprint density at radius 2 is 1.69 bits per heavy atom. The number of nitrogens with one attached hydrogen (secondary N) is 2. The number of thioether (sulfide) groups is 1. The highest BCUT2D eigenvalue weighted by atomic mass is 32.2. The fourth-order valence-electron chi connectivity index (χ4n) is 3.41. The molecule has 0 aromatic heterocycles. The van der Waals surface area contributed by atoms with Crippen LogP contribution in [-0.4, -0.2) is 63.6 Å². The van der Waals surface area contributed by atoms with Crippen LogP contribution >= 0.6 is 11.8 Å². The van der Waals surface area contributed by atoms with Crippen LogP contribution in [0.4, 0.5) is 4.79 Å². The molecule has 1 rings (SSSR count). The third-order valence-electron chi connectivity index (χ3n) is 4.90. The number of carbonyl (C=O) groups is 3. The summed E-state index contributed by atoms with van der Waals surface area (Å²) in [6.07, 6.45) is 3.16. The number of nitrogens with zero attached hydrogens (tertiary/aromatic N) is 1. The minimum atomic E-state index is -0.925. The van der Waals surface area contributed by atoms with E-state index in [1.54, 1.807) is 49.6 Å². The van der Waals surface area contributed by atoms with Gasteiger partial charge in [-0.3, -0.25) is 9.59 Å². The first-order valence-corrected chi connectivity index (χ1v) is 13.5. The van der Waals surface area contributed by atoms with Gasteiger partial charge in [-0.25, -0.2) is 4.79 Å². The first-order chi connectivity index (χ1) is 16.2. The van der Waals surface area contributed by atoms with E-state index < -0.39 is 29.3 Å². The van der Waals surface area contributed by atoms with E-state index in [-0.39, 0.29) is 17.6 Å². The molecule has 198 valence electrons. The average Bonchev–Trinajstić information content (AvgIpc) is 2.72. The highest BCUT2D eigenvalue weighted by Gasteiger charge is 2.36. The van der Waals surface area contributed by atoms with Crippen molar-refractivity contribution >= 4 is 29.7 Å². The van der Waals surface area contributed by atoms with Crippen LogP contribution < -0.4 is 10.6 Å². The molecule has 0 aliphatic carbocycles. The van der Waals surface area contributed by atoms with E-state index in [1.165, 1.54) is 12.1 Å². The van der Waals surface area contributed by atoms with Gasteiger partial charge in [-0.05, 0) is 84.1 Å². The zero-order valence-electron chi connectivity index (χ0n) is 22.4. The molecular formula is C26H43N3O5S. The molecule has 0 saturated heterocycles. The van der Waals surface area contributed by atoms with Crippen LogP contribution in [0.25, 0.3) is 0 Å². The van der Waals surface area contributed by atoms with E-state index >= 15 is 0 Å². The summed E-state index contributed by atoms with van der Waals surface area (Å²) in [6.45, 7) is 13.3. The van der Waals surface area contributed by atoms with Crippen LogP contribution in [0, 0.1) is 0 Å². The second-order valence-corrected chi connectivity index (χ2v) is 11.6. The topological polar surface area (TPSA) is 108 Å². The Bertz CT molecular complexity index is 831. The number of benzene rings is 1. The van der Waals surface area contributed by atoms with Crippen LogP contribution in [0.3, 0.4) is 0 Å². The lowest BCUT2D eigenvalue weighted by molar-refractivity contribution is -0.143. The molecule has 1 aromatic carbocycles. The Balaban J connectivity index is 3.44. The molecule has 0 aliphatic heterocycles. The van der Waals surface area contributed by atoms with Crippen LogP contribution in [-0.2, 0) is 14.3 Å². The van der Waals surface area contributed by atoms with Crippen molar-refractivity contribution in [2.75, 3.05) is 18.6 Å². The number of hydrogen-bond donors (Lipinski definition) is 3. The number of unbranched alkanes of at least 4 members (excludes halogenated alkanes) is 1. The predicted molar refractivity (Wildman–Crippen MR) is 142 cm³/mol. The SMILES string of the molecule is CCCCN(C(=O)C(CCSC)NC(=O)OC(C)(C)C)C(C(=O)NC(C)(C)C)c1ccc(O)cc1. The number of rotatable bonds is 11. The van der Waals surface area contributed by atoms with Crippen molar-refractivity contribution in [1.29, 1.82) is 0 Å². The first-order valence-electron chi connectivity index (χ1n) is 12.1. The molecule has 3 amide bonds. The molecule has 1 aromatic rings. The Morgan fingerprint density at radius 3 is 2.17 bits per heavy atom. The van der Waals surface area contributed by atoms with Crippen molar-refractivity contribution in [2.24, 2.45) is 0 Å². The van der Waals surface area contributed by atoms with Crippen LogP contribution in [0.2, 0.25) is 0 Å². The van der Waals surface area contributed by atoms with Crippen molar-refractivity contribution in [2.45, 2.75) is 91.0 Å². The molecule has 0 radical (unpaired) electrons. The second-order valence-electron chi connectivity index (χ2n) is 10.6. The summed E-state index contributed by atoms with van der Waals surface area (Å²) in [6, 6.07) is 4.51. The summed E-state index contributed by atoms with van der Waals surface area (Å²) in [5.41, 5.74) is -0.645. The van der Waals surface area contributed by atoms with Gasteiger partial charge in [0.1, 0.15) is 23.4 Å². The lowest BCUT2D eigenvalue weighted by Crippen LogP contribution is -2.55. The molecule has 0 spiro atoms. The lowest BCUT2D eigenvalue weighted by Gasteiger charge is -2.36. The van der Waals surface area contributed by atoms with Crippen LogP contribution in [0.5, 0.6) is 5.75 Å². The minimum absolute atomic E-state index is 0.0691. The Labute approximate surface area is 214 Å². The van der Waals surface area contributed by atoms with Crippen molar-refractivity contribution < 1.29 is 24.2 Å². The maximum absolute atomic E-state index is 13.9. The van der Waals surface area contributed by atoms with E-state index in [9.17, 15) is 19.5 Å². The van der Waals surface area contributed by atoms with Gasteiger partial charge in [-0.2, -0.15) is 11.8 Å². The van der Waals surface area contributed by atoms with E-state index in [4.69, 9.17) is 4.74 Å². The largest absolute Gasteiger partial charge is 0.508 e. The summed E-state index contributed by atoms with van der Waals surface area (Å²) >= 11 is 1.57. The van der Waals surface area contributed by atoms with Gasteiger partial charge in [0.25, 0.3) is 0 Å². The van der Waals surface area contributed by atoms with E-state index in [0.717, 1.165) is 6.42 Å². The van der Waals surface area contributed by atoms with Crippen LogP contribution in [0.15, 0.2) is 24.3 Å². The highest BCUT2D eigenvalue weighted by Crippen LogP contribution is 2.26. The monoisotopic (exact) mass is 509 g/mol. The lowest BCUT2D eigenvalue weighted by atomic mass is 10.00. The first kappa shape index (κ1) is 30.6. The molecule has 0 heterocycles. The number of phenols is 1. The van der Waals surface area contributed by atoms with Gasteiger partial charge < -0.3 is 25.4 Å². The number of amides is 3. The third-order valence-corrected chi connectivity index (χ3v) is 5.55. The maximum Gasteiger partial charge on any atom is 0.408 e. The molecular weight excluding hydrogens is 466 g/mol. The quantitative estimate of drug-likeness (QED) is 0.402. The molecule has 2 unspecified atom stereocenters. The Morgan fingerprint density at radius 1 is 1.09 bits per heavy atom. The van der Waals surface area contributed by atoms with Gasteiger partial charge in [0.15, 0.2) is 0 Å². The number of aromatic hydroxyl groups is 1.